The highest BCUT2D eigenvalue weighted by atomic mass is 32.2. The van der Waals surface area contributed by atoms with Crippen LogP contribution in [0.2, 0.25) is 0 Å². The minimum atomic E-state index is -0.363. The average Bonchev–Trinajstić information content (AvgIpc) is 2.92. The van der Waals surface area contributed by atoms with E-state index in [1.807, 2.05) is 36.4 Å². The first-order valence-corrected chi connectivity index (χ1v) is 9.31. The van der Waals surface area contributed by atoms with Gasteiger partial charge >= 0.3 is 0 Å². The van der Waals surface area contributed by atoms with Crippen molar-refractivity contribution < 1.29 is 14.7 Å². The quantitative estimate of drug-likeness (QED) is 0.457. The van der Waals surface area contributed by atoms with Crippen LogP contribution in [-0.2, 0) is 9.59 Å². The second kappa shape index (κ2) is 8.66. The van der Waals surface area contributed by atoms with Crippen molar-refractivity contribution in [3.8, 4) is 5.75 Å². The Morgan fingerprint density at radius 2 is 1.85 bits per heavy atom. The number of hydrogen-bond donors (Lipinski definition) is 2. The van der Waals surface area contributed by atoms with E-state index in [4.69, 9.17) is 12.2 Å². The maximum atomic E-state index is 12.5. The molecule has 1 aliphatic rings. The van der Waals surface area contributed by atoms with E-state index >= 15 is 0 Å². The van der Waals surface area contributed by atoms with Crippen LogP contribution in [0.4, 0.5) is 5.69 Å². The van der Waals surface area contributed by atoms with Gasteiger partial charge in [-0.15, -0.1) is 0 Å². The van der Waals surface area contributed by atoms with E-state index in [2.05, 4.69) is 5.32 Å². The summed E-state index contributed by atoms with van der Waals surface area (Å²) < 4.78 is 0.347. The van der Waals surface area contributed by atoms with Crippen molar-refractivity contribution in [2.45, 2.75) is 0 Å². The van der Waals surface area contributed by atoms with Gasteiger partial charge in [0.05, 0.1) is 4.91 Å². The summed E-state index contributed by atoms with van der Waals surface area (Å²) in [7, 11) is 0. The lowest BCUT2D eigenvalue weighted by molar-refractivity contribution is -0.126. The van der Waals surface area contributed by atoms with Crippen LogP contribution in [0.5, 0.6) is 5.75 Å². The SMILES string of the molecule is O=C(CN1C(=O)/C(=C/C=C/c2ccccc2)SC1=S)Nc1ccc(O)cc1. The molecule has 2 aromatic rings. The topological polar surface area (TPSA) is 69.6 Å². The molecule has 2 amide bonds. The molecule has 2 N–H and O–H groups in total. The van der Waals surface area contributed by atoms with Gasteiger partial charge in [0, 0.05) is 5.69 Å². The fourth-order valence-electron chi connectivity index (χ4n) is 2.35. The molecule has 1 heterocycles. The Labute approximate surface area is 166 Å². The van der Waals surface area contributed by atoms with E-state index in [1.165, 1.54) is 28.8 Å². The summed E-state index contributed by atoms with van der Waals surface area (Å²) in [5, 5.41) is 11.9. The van der Waals surface area contributed by atoms with Gasteiger partial charge in [-0.05, 0) is 35.9 Å². The van der Waals surface area contributed by atoms with E-state index in [0.717, 1.165) is 5.56 Å². The molecule has 3 rings (SSSR count). The molecule has 0 saturated carbocycles. The van der Waals surface area contributed by atoms with Gasteiger partial charge in [0.1, 0.15) is 16.6 Å². The Morgan fingerprint density at radius 1 is 1.15 bits per heavy atom. The number of rotatable bonds is 5. The molecule has 136 valence electrons. The summed E-state index contributed by atoms with van der Waals surface area (Å²) in [5.41, 5.74) is 1.56. The zero-order valence-corrected chi connectivity index (χ0v) is 15.8. The van der Waals surface area contributed by atoms with Gasteiger partial charge in [-0.2, -0.15) is 0 Å². The third kappa shape index (κ3) is 5.06. The summed E-state index contributed by atoms with van der Waals surface area (Å²) in [6.45, 7) is -0.161. The third-order valence-corrected chi connectivity index (χ3v) is 5.06. The van der Waals surface area contributed by atoms with Gasteiger partial charge in [-0.3, -0.25) is 14.5 Å². The molecule has 27 heavy (non-hydrogen) atoms. The van der Waals surface area contributed by atoms with Gasteiger partial charge in [0.15, 0.2) is 0 Å². The number of benzene rings is 2. The summed E-state index contributed by atoms with van der Waals surface area (Å²) in [6.07, 6.45) is 5.38. The number of phenolic OH excluding ortho intramolecular Hbond substituents is 1. The van der Waals surface area contributed by atoms with Crippen LogP contribution in [-0.4, -0.2) is 32.7 Å². The molecule has 5 nitrogen and oxygen atoms in total. The summed E-state index contributed by atoms with van der Waals surface area (Å²) in [4.78, 5) is 26.4. The van der Waals surface area contributed by atoms with E-state index in [0.29, 0.717) is 14.9 Å². The van der Waals surface area contributed by atoms with Crippen LogP contribution in [0.25, 0.3) is 6.08 Å². The minimum absolute atomic E-state index is 0.110. The number of thioether (sulfide) groups is 1. The number of thiocarbonyl (C=S) groups is 1. The van der Waals surface area contributed by atoms with Gasteiger partial charge in [0.2, 0.25) is 5.91 Å². The third-order valence-electron chi connectivity index (χ3n) is 3.66. The lowest BCUT2D eigenvalue weighted by Crippen LogP contribution is -2.36. The molecule has 0 unspecified atom stereocenters. The maximum absolute atomic E-state index is 12.5. The number of carbonyl (C=O) groups excluding carboxylic acids is 2. The molecular weight excluding hydrogens is 380 g/mol. The summed E-state index contributed by atoms with van der Waals surface area (Å²) >= 11 is 6.40. The monoisotopic (exact) mass is 396 g/mol. The Morgan fingerprint density at radius 3 is 2.56 bits per heavy atom. The van der Waals surface area contributed by atoms with E-state index < -0.39 is 0 Å². The first-order chi connectivity index (χ1) is 13.0. The number of phenols is 1. The van der Waals surface area contributed by atoms with E-state index in [1.54, 1.807) is 24.3 Å². The average molecular weight is 396 g/mol. The van der Waals surface area contributed by atoms with Crippen molar-refractivity contribution in [2.75, 3.05) is 11.9 Å². The van der Waals surface area contributed by atoms with E-state index in [-0.39, 0.29) is 24.1 Å². The lowest BCUT2D eigenvalue weighted by atomic mass is 10.2. The molecule has 0 radical (unpaired) electrons. The molecule has 0 aliphatic carbocycles. The molecule has 1 fully saturated rings. The normalized spacial score (nSPS) is 15.7. The zero-order chi connectivity index (χ0) is 19.2. The molecule has 1 aliphatic heterocycles. The van der Waals surface area contributed by atoms with Crippen LogP contribution in [0.1, 0.15) is 5.56 Å². The second-order valence-electron chi connectivity index (χ2n) is 5.66. The minimum Gasteiger partial charge on any atom is -0.508 e. The zero-order valence-electron chi connectivity index (χ0n) is 14.2. The Hall–Kier alpha value is -2.90. The van der Waals surface area contributed by atoms with Crippen LogP contribution < -0.4 is 5.32 Å². The highest BCUT2D eigenvalue weighted by Gasteiger charge is 2.32. The molecule has 1 saturated heterocycles. The van der Waals surface area contributed by atoms with Gasteiger partial charge < -0.3 is 10.4 Å². The number of amides is 2. The Bertz CT molecular complexity index is 922. The number of nitrogens with one attached hydrogen (secondary N) is 1. The fourth-order valence-corrected chi connectivity index (χ4v) is 3.56. The second-order valence-corrected chi connectivity index (χ2v) is 7.33. The van der Waals surface area contributed by atoms with Crippen molar-refractivity contribution in [2.24, 2.45) is 0 Å². The molecular formula is C20H16N2O3S2. The highest BCUT2D eigenvalue weighted by Crippen LogP contribution is 2.30. The molecule has 2 aromatic carbocycles. The summed E-state index contributed by atoms with van der Waals surface area (Å²) in [5.74, 6) is -0.541. The maximum Gasteiger partial charge on any atom is 0.266 e. The molecule has 0 aromatic heterocycles. The van der Waals surface area contributed by atoms with Crippen molar-refractivity contribution in [1.29, 1.82) is 0 Å². The largest absolute Gasteiger partial charge is 0.508 e. The highest BCUT2D eigenvalue weighted by molar-refractivity contribution is 8.26. The predicted molar refractivity (Wildman–Crippen MR) is 112 cm³/mol. The molecule has 0 bridgehead atoms. The van der Waals surface area contributed by atoms with Crippen LogP contribution in [0.3, 0.4) is 0 Å². The van der Waals surface area contributed by atoms with Gasteiger partial charge in [-0.1, -0.05) is 66.5 Å². The molecule has 7 heteroatoms. The first-order valence-electron chi connectivity index (χ1n) is 8.09. The number of hydrogen-bond acceptors (Lipinski definition) is 5. The Kier molecular flexibility index (Phi) is 6.05. The van der Waals surface area contributed by atoms with Crippen molar-refractivity contribution in [1.82, 2.24) is 4.90 Å². The number of carbonyl (C=O) groups is 2. The lowest BCUT2D eigenvalue weighted by Gasteiger charge is -2.14. The Balaban J connectivity index is 1.61. The smallest absolute Gasteiger partial charge is 0.266 e. The van der Waals surface area contributed by atoms with Crippen LogP contribution in [0, 0.1) is 0 Å². The first kappa shape index (κ1) is 18.9. The number of allylic oxidation sites excluding steroid dienone is 2. The number of nitrogens with zero attached hydrogens (tertiary/aromatic N) is 1. The van der Waals surface area contributed by atoms with Crippen molar-refractivity contribution in [3.05, 3.63) is 77.2 Å². The van der Waals surface area contributed by atoms with Gasteiger partial charge in [0.25, 0.3) is 5.91 Å². The standard InChI is InChI=1S/C20H16N2O3S2/c23-16-11-9-15(10-12-16)21-18(24)13-22-19(25)17(27-20(22)26)8-4-7-14-5-2-1-3-6-14/h1-12,23H,13H2,(H,21,24)/b7-4+,17-8-. The number of anilines is 1. The van der Waals surface area contributed by atoms with Crippen molar-refractivity contribution in [3.63, 3.8) is 0 Å². The van der Waals surface area contributed by atoms with Crippen LogP contribution >= 0.6 is 24.0 Å². The van der Waals surface area contributed by atoms with E-state index in [9.17, 15) is 14.7 Å². The molecule has 0 atom stereocenters. The number of aromatic hydroxyl groups is 1. The predicted octanol–water partition coefficient (Wildman–Crippen LogP) is 3.79. The fraction of sp³-hybridized carbons (Fsp3) is 0.0500. The summed E-state index contributed by atoms with van der Waals surface area (Å²) in [6, 6.07) is 15.8. The molecule has 0 spiro atoms. The van der Waals surface area contributed by atoms with Crippen molar-refractivity contribution >= 4 is 51.9 Å². The van der Waals surface area contributed by atoms with Gasteiger partial charge in [-0.25, -0.2) is 0 Å². The van der Waals surface area contributed by atoms with Crippen LogP contribution in [0.15, 0.2) is 71.7 Å².